The Balaban J connectivity index is 1.47. The molecule has 0 aliphatic carbocycles. The number of carbonyl (C=O) groups is 2. The fourth-order valence-electron chi connectivity index (χ4n) is 4.11. The number of rotatable bonds is 10. The number of ketones is 1. The van der Waals surface area contributed by atoms with Gasteiger partial charge in [0.1, 0.15) is 17.2 Å². The van der Waals surface area contributed by atoms with Gasteiger partial charge in [0.15, 0.2) is 11.6 Å². The van der Waals surface area contributed by atoms with Gasteiger partial charge in [-0.15, -0.1) is 10.2 Å². The molecule has 0 unspecified atom stereocenters. The lowest BCUT2D eigenvalue weighted by atomic mass is 10.0. The minimum absolute atomic E-state index is 0.0861. The first kappa shape index (κ1) is 26.1. The molecule has 0 saturated heterocycles. The Bertz CT molecular complexity index is 1420. The minimum atomic E-state index is -0.453. The first-order valence-corrected chi connectivity index (χ1v) is 12.5. The topological polar surface area (TPSA) is 108 Å². The van der Waals surface area contributed by atoms with Gasteiger partial charge in [-0.05, 0) is 83.0 Å². The fraction of sp³-hybridized carbons (Fsp3) is 0.393. The van der Waals surface area contributed by atoms with E-state index in [1.54, 1.807) is 37.4 Å². The summed E-state index contributed by atoms with van der Waals surface area (Å²) in [6, 6.07) is 12.5. The zero-order chi connectivity index (χ0) is 26.6. The summed E-state index contributed by atoms with van der Waals surface area (Å²) in [7, 11) is 1.59. The molecule has 0 bridgehead atoms. The van der Waals surface area contributed by atoms with E-state index in [9.17, 15) is 9.59 Å². The highest BCUT2D eigenvalue weighted by molar-refractivity contribution is 6.10. The van der Waals surface area contributed by atoms with Crippen LogP contribution in [-0.2, 0) is 9.53 Å². The molecule has 37 heavy (non-hydrogen) atoms. The van der Waals surface area contributed by atoms with Gasteiger partial charge in [-0.2, -0.15) is 0 Å². The predicted molar refractivity (Wildman–Crippen MR) is 142 cm³/mol. The molecule has 1 N–H and O–H groups in total. The summed E-state index contributed by atoms with van der Waals surface area (Å²) in [6.45, 7) is 8.17. The molecule has 9 nitrogen and oxygen atoms in total. The van der Waals surface area contributed by atoms with Gasteiger partial charge < -0.3 is 14.8 Å². The first-order valence-electron chi connectivity index (χ1n) is 12.5. The number of carbonyl (C=O) groups excluding carboxylic acids is 2. The maximum Gasteiger partial charge on any atom is 0.306 e. The largest absolute Gasteiger partial charge is 0.497 e. The average Bonchev–Trinajstić information content (AvgIpc) is 3.26. The molecule has 4 rings (SSSR count). The van der Waals surface area contributed by atoms with E-state index in [1.807, 2.05) is 44.2 Å². The molecule has 194 valence electrons. The van der Waals surface area contributed by atoms with Gasteiger partial charge in [-0.3, -0.25) is 14.0 Å². The number of unbranched alkanes of at least 4 members (excludes halogenated alkanes) is 2. The molecule has 9 heteroatoms. The summed E-state index contributed by atoms with van der Waals surface area (Å²) in [4.78, 5) is 29.7. The van der Waals surface area contributed by atoms with Crippen molar-refractivity contribution in [3.05, 3.63) is 59.4 Å². The smallest absolute Gasteiger partial charge is 0.306 e. The van der Waals surface area contributed by atoms with Crippen molar-refractivity contribution in [1.82, 2.24) is 19.6 Å². The standard InChI is InChI=1S/C28H33N5O4/c1-18-31-32-27-26(29-16-8-6-7-9-24(34)37-28(2,3)4)30-22-15-12-20(17-23(22)33(18)27)25(35)19-10-13-21(36-5)14-11-19/h10-15,17H,6-9,16H2,1-5H3,(H,29,30). The van der Waals surface area contributed by atoms with Crippen molar-refractivity contribution in [2.75, 3.05) is 19.0 Å². The molecule has 0 aliphatic rings. The van der Waals surface area contributed by atoms with Crippen LogP contribution in [0.25, 0.3) is 16.7 Å². The van der Waals surface area contributed by atoms with Crippen LogP contribution in [0, 0.1) is 6.92 Å². The number of aromatic nitrogens is 4. The Labute approximate surface area is 216 Å². The number of nitrogens with one attached hydrogen (secondary N) is 1. The zero-order valence-corrected chi connectivity index (χ0v) is 22.0. The van der Waals surface area contributed by atoms with Gasteiger partial charge in [-0.1, -0.05) is 6.42 Å². The van der Waals surface area contributed by atoms with E-state index in [2.05, 4.69) is 15.5 Å². The molecule has 0 amide bonds. The van der Waals surface area contributed by atoms with Crippen LogP contribution < -0.4 is 10.1 Å². The van der Waals surface area contributed by atoms with E-state index in [4.69, 9.17) is 14.5 Å². The molecule has 0 radical (unpaired) electrons. The monoisotopic (exact) mass is 503 g/mol. The predicted octanol–water partition coefficient (Wildman–Crippen LogP) is 5.14. The van der Waals surface area contributed by atoms with Gasteiger partial charge in [0.05, 0.1) is 18.1 Å². The third-order valence-corrected chi connectivity index (χ3v) is 5.87. The normalized spacial score (nSPS) is 11.6. The number of methoxy groups -OCH3 is 1. The minimum Gasteiger partial charge on any atom is -0.497 e. The Morgan fingerprint density at radius 1 is 0.973 bits per heavy atom. The average molecular weight is 504 g/mol. The van der Waals surface area contributed by atoms with Gasteiger partial charge in [-0.25, -0.2) is 4.98 Å². The van der Waals surface area contributed by atoms with Gasteiger partial charge >= 0.3 is 5.97 Å². The third-order valence-electron chi connectivity index (χ3n) is 5.87. The number of esters is 1. The van der Waals surface area contributed by atoms with E-state index < -0.39 is 5.60 Å². The van der Waals surface area contributed by atoms with Crippen molar-refractivity contribution < 1.29 is 19.1 Å². The quantitative estimate of drug-likeness (QED) is 0.180. The lowest BCUT2D eigenvalue weighted by Crippen LogP contribution is -2.23. The second kappa shape index (κ2) is 10.9. The maximum atomic E-state index is 13.1. The number of anilines is 1. The number of fused-ring (bicyclic) bond motifs is 3. The highest BCUT2D eigenvalue weighted by atomic mass is 16.6. The first-order chi connectivity index (χ1) is 17.7. The summed E-state index contributed by atoms with van der Waals surface area (Å²) in [5.74, 6) is 1.79. The summed E-state index contributed by atoms with van der Waals surface area (Å²) in [5, 5.41) is 11.9. The van der Waals surface area contributed by atoms with Gasteiger partial charge in [0, 0.05) is 24.1 Å². The van der Waals surface area contributed by atoms with Crippen molar-refractivity contribution in [1.29, 1.82) is 0 Å². The van der Waals surface area contributed by atoms with Crippen molar-refractivity contribution in [2.24, 2.45) is 0 Å². The van der Waals surface area contributed by atoms with Crippen molar-refractivity contribution in [3.63, 3.8) is 0 Å². The third kappa shape index (κ3) is 6.22. The fourth-order valence-corrected chi connectivity index (χ4v) is 4.11. The Hall–Kier alpha value is -4.01. The Kier molecular flexibility index (Phi) is 7.71. The van der Waals surface area contributed by atoms with Gasteiger partial charge in [0.2, 0.25) is 5.65 Å². The SMILES string of the molecule is COc1ccc(C(=O)c2ccc3nc(NCCCCCC(=O)OC(C)(C)C)c4nnc(C)n4c3c2)cc1. The summed E-state index contributed by atoms with van der Waals surface area (Å²) in [5.41, 5.74) is 2.78. The lowest BCUT2D eigenvalue weighted by molar-refractivity contribution is -0.154. The molecule has 2 aromatic heterocycles. The number of nitrogens with zero attached hydrogens (tertiary/aromatic N) is 4. The van der Waals surface area contributed by atoms with Crippen LogP contribution in [0.1, 0.15) is 68.2 Å². The van der Waals surface area contributed by atoms with Crippen LogP contribution in [0.3, 0.4) is 0 Å². The number of aryl methyl sites for hydroxylation is 1. The molecule has 4 aromatic rings. The second-order valence-electron chi connectivity index (χ2n) is 9.95. The van der Waals surface area contributed by atoms with Crippen LogP contribution in [0.2, 0.25) is 0 Å². The number of ether oxygens (including phenoxy) is 2. The highest BCUT2D eigenvalue weighted by Crippen LogP contribution is 2.24. The Morgan fingerprint density at radius 2 is 1.70 bits per heavy atom. The zero-order valence-electron chi connectivity index (χ0n) is 22.0. The molecule has 0 saturated carbocycles. The number of hydrogen-bond acceptors (Lipinski definition) is 8. The van der Waals surface area contributed by atoms with E-state index >= 15 is 0 Å². The molecule has 0 atom stereocenters. The van der Waals surface area contributed by atoms with Crippen molar-refractivity contribution >= 4 is 34.3 Å². The number of hydrogen-bond donors (Lipinski definition) is 1. The van der Waals surface area contributed by atoms with Crippen LogP contribution >= 0.6 is 0 Å². The van der Waals surface area contributed by atoms with E-state index in [0.717, 1.165) is 30.3 Å². The van der Waals surface area contributed by atoms with Crippen molar-refractivity contribution in [2.45, 2.75) is 59.0 Å². The maximum absolute atomic E-state index is 13.1. The van der Waals surface area contributed by atoms with E-state index in [-0.39, 0.29) is 11.8 Å². The molecule has 0 fully saturated rings. The molecule has 0 spiro atoms. The molecule has 0 aliphatic heterocycles. The van der Waals surface area contributed by atoms with Crippen LogP contribution in [0.5, 0.6) is 5.75 Å². The van der Waals surface area contributed by atoms with Gasteiger partial charge in [0.25, 0.3) is 0 Å². The summed E-state index contributed by atoms with van der Waals surface area (Å²) in [6.07, 6.45) is 2.94. The molecular formula is C28H33N5O4. The molecule has 2 heterocycles. The Morgan fingerprint density at radius 3 is 2.41 bits per heavy atom. The van der Waals surface area contributed by atoms with Crippen LogP contribution in [0.4, 0.5) is 5.82 Å². The van der Waals surface area contributed by atoms with E-state index in [1.165, 1.54) is 0 Å². The lowest BCUT2D eigenvalue weighted by Gasteiger charge is -2.19. The second-order valence-corrected chi connectivity index (χ2v) is 9.95. The molecular weight excluding hydrogens is 470 g/mol. The summed E-state index contributed by atoms with van der Waals surface area (Å²) < 4.78 is 12.5. The molecule has 2 aromatic carbocycles. The van der Waals surface area contributed by atoms with Crippen molar-refractivity contribution in [3.8, 4) is 5.75 Å². The number of benzene rings is 2. The summed E-state index contributed by atoms with van der Waals surface area (Å²) >= 11 is 0. The van der Waals surface area contributed by atoms with Crippen LogP contribution in [0.15, 0.2) is 42.5 Å². The van der Waals surface area contributed by atoms with Crippen LogP contribution in [-0.4, -0.2) is 50.6 Å². The van der Waals surface area contributed by atoms with E-state index in [0.29, 0.717) is 47.1 Å². The highest BCUT2D eigenvalue weighted by Gasteiger charge is 2.17.